The number of aromatic nitrogens is 1. The molecule has 0 aliphatic rings. The molecule has 1 aromatic heterocycles. The molecule has 0 fully saturated rings. The summed E-state index contributed by atoms with van der Waals surface area (Å²) in [6.07, 6.45) is 1.29. The van der Waals surface area contributed by atoms with Gasteiger partial charge in [-0.3, -0.25) is 0 Å². The van der Waals surface area contributed by atoms with Crippen molar-refractivity contribution in [3.63, 3.8) is 0 Å². The molecule has 0 amide bonds. The van der Waals surface area contributed by atoms with Crippen molar-refractivity contribution in [1.29, 1.82) is 0 Å². The van der Waals surface area contributed by atoms with E-state index in [1.54, 1.807) is 0 Å². The summed E-state index contributed by atoms with van der Waals surface area (Å²) >= 11 is 0. The lowest BCUT2D eigenvalue weighted by atomic mass is 10.1. The first kappa shape index (κ1) is 9.39. The van der Waals surface area contributed by atoms with Crippen molar-refractivity contribution in [2.45, 2.75) is 0 Å². The molecular formula is C10H7FN2O2. The van der Waals surface area contributed by atoms with Crippen LogP contribution < -0.4 is 5.73 Å². The fraction of sp³-hybridized carbons (Fsp3) is 0. The zero-order valence-electron chi connectivity index (χ0n) is 7.57. The van der Waals surface area contributed by atoms with Crippen LogP contribution in [0.5, 0.6) is 0 Å². The van der Waals surface area contributed by atoms with Crippen LogP contribution in [-0.4, -0.2) is 16.1 Å². The van der Waals surface area contributed by atoms with Crippen LogP contribution in [0.1, 0.15) is 10.5 Å². The average Bonchev–Trinajstić information content (AvgIpc) is 2.23. The highest BCUT2D eigenvalue weighted by Crippen LogP contribution is 2.25. The summed E-state index contributed by atoms with van der Waals surface area (Å²) < 4.78 is 13.1. The highest BCUT2D eigenvalue weighted by atomic mass is 19.1. The van der Waals surface area contributed by atoms with Crippen molar-refractivity contribution in [3.05, 3.63) is 35.9 Å². The van der Waals surface area contributed by atoms with Crippen molar-refractivity contribution in [1.82, 2.24) is 4.98 Å². The van der Waals surface area contributed by atoms with Crippen LogP contribution in [0.3, 0.4) is 0 Å². The van der Waals surface area contributed by atoms with Gasteiger partial charge in [-0.25, -0.2) is 14.2 Å². The van der Waals surface area contributed by atoms with Gasteiger partial charge in [0, 0.05) is 17.0 Å². The molecule has 0 radical (unpaired) electrons. The van der Waals surface area contributed by atoms with Crippen LogP contribution in [0.2, 0.25) is 0 Å². The van der Waals surface area contributed by atoms with Gasteiger partial charge in [0.2, 0.25) is 0 Å². The molecule has 0 bridgehead atoms. The van der Waals surface area contributed by atoms with Gasteiger partial charge in [-0.05, 0) is 18.2 Å². The van der Waals surface area contributed by atoms with Gasteiger partial charge >= 0.3 is 5.97 Å². The Morgan fingerprint density at radius 1 is 1.33 bits per heavy atom. The van der Waals surface area contributed by atoms with Crippen LogP contribution in [0.4, 0.5) is 10.1 Å². The third kappa shape index (κ3) is 1.38. The van der Waals surface area contributed by atoms with Gasteiger partial charge in [0.05, 0.1) is 5.69 Å². The molecule has 76 valence electrons. The Balaban J connectivity index is 2.89. The number of hydrogen-bond donors (Lipinski definition) is 2. The summed E-state index contributed by atoms with van der Waals surface area (Å²) in [5.41, 5.74) is 5.31. The van der Waals surface area contributed by atoms with Crippen molar-refractivity contribution in [2.75, 3.05) is 5.73 Å². The molecule has 1 aromatic carbocycles. The van der Waals surface area contributed by atoms with E-state index in [4.69, 9.17) is 10.8 Å². The van der Waals surface area contributed by atoms with Gasteiger partial charge in [0.25, 0.3) is 0 Å². The molecular weight excluding hydrogens is 199 g/mol. The van der Waals surface area contributed by atoms with E-state index in [1.165, 1.54) is 18.3 Å². The van der Waals surface area contributed by atoms with Gasteiger partial charge in [-0.15, -0.1) is 0 Å². The zero-order valence-corrected chi connectivity index (χ0v) is 7.57. The molecule has 0 spiro atoms. The van der Waals surface area contributed by atoms with Gasteiger partial charge in [0.15, 0.2) is 5.69 Å². The van der Waals surface area contributed by atoms with Crippen LogP contribution in [0, 0.1) is 5.82 Å². The zero-order chi connectivity index (χ0) is 11.0. The number of nitrogen functional groups attached to an aromatic ring is 1. The Labute approximate surface area is 84.2 Å². The number of nitrogens with two attached hydrogens (primary N) is 1. The number of benzene rings is 1. The number of carboxylic acid groups (broad SMARTS) is 1. The summed E-state index contributed by atoms with van der Waals surface area (Å²) in [5.74, 6) is -1.73. The van der Waals surface area contributed by atoms with E-state index in [0.717, 1.165) is 6.07 Å². The summed E-state index contributed by atoms with van der Waals surface area (Å²) in [4.78, 5) is 14.5. The maximum absolute atomic E-state index is 13.1. The van der Waals surface area contributed by atoms with E-state index >= 15 is 0 Å². The molecule has 5 heteroatoms. The minimum absolute atomic E-state index is 0.0580. The number of halogens is 1. The van der Waals surface area contributed by atoms with Crippen LogP contribution in [0.25, 0.3) is 10.8 Å². The van der Waals surface area contributed by atoms with Crippen molar-refractivity contribution < 1.29 is 14.3 Å². The first-order valence-electron chi connectivity index (χ1n) is 4.17. The number of fused-ring (bicyclic) bond motifs is 1. The number of aromatic carboxylic acids is 1. The highest BCUT2D eigenvalue weighted by molar-refractivity contribution is 6.05. The Bertz CT molecular complexity index is 554. The lowest BCUT2D eigenvalue weighted by Gasteiger charge is -2.04. The Morgan fingerprint density at radius 2 is 2.07 bits per heavy atom. The molecule has 0 aliphatic carbocycles. The van der Waals surface area contributed by atoms with Gasteiger partial charge < -0.3 is 10.8 Å². The largest absolute Gasteiger partial charge is 0.476 e. The van der Waals surface area contributed by atoms with Gasteiger partial charge in [0.1, 0.15) is 5.82 Å². The molecule has 0 saturated carbocycles. The number of carbonyl (C=O) groups is 1. The molecule has 4 nitrogen and oxygen atoms in total. The van der Waals surface area contributed by atoms with E-state index in [1.807, 2.05) is 0 Å². The first-order chi connectivity index (χ1) is 7.11. The average molecular weight is 206 g/mol. The fourth-order valence-corrected chi connectivity index (χ4v) is 1.42. The summed E-state index contributed by atoms with van der Waals surface area (Å²) in [6.45, 7) is 0. The van der Waals surface area contributed by atoms with E-state index < -0.39 is 11.8 Å². The third-order valence-corrected chi connectivity index (χ3v) is 2.14. The molecule has 0 atom stereocenters. The van der Waals surface area contributed by atoms with E-state index in [0.29, 0.717) is 10.8 Å². The third-order valence-electron chi connectivity index (χ3n) is 2.14. The molecule has 0 unspecified atom stereocenters. The van der Waals surface area contributed by atoms with Crippen molar-refractivity contribution >= 4 is 22.4 Å². The number of pyridine rings is 1. The van der Waals surface area contributed by atoms with Gasteiger partial charge in [-0.1, -0.05) is 0 Å². The SMILES string of the molecule is Nc1c(F)ccc2c(C(=O)O)nccc12. The predicted molar refractivity (Wildman–Crippen MR) is 53.1 cm³/mol. The molecule has 0 saturated heterocycles. The quantitative estimate of drug-likeness (QED) is 0.695. The number of rotatable bonds is 1. The second-order valence-corrected chi connectivity index (χ2v) is 3.02. The normalized spacial score (nSPS) is 10.5. The highest BCUT2D eigenvalue weighted by Gasteiger charge is 2.12. The van der Waals surface area contributed by atoms with Crippen molar-refractivity contribution in [3.8, 4) is 0 Å². The van der Waals surface area contributed by atoms with E-state index in [2.05, 4.69) is 4.98 Å². The summed E-state index contributed by atoms with van der Waals surface area (Å²) in [6, 6.07) is 3.98. The minimum Gasteiger partial charge on any atom is -0.476 e. The monoisotopic (exact) mass is 206 g/mol. The summed E-state index contributed by atoms with van der Waals surface area (Å²) in [7, 11) is 0. The molecule has 1 heterocycles. The number of nitrogens with zero attached hydrogens (tertiary/aromatic N) is 1. The van der Waals surface area contributed by atoms with E-state index in [-0.39, 0.29) is 11.4 Å². The molecule has 15 heavy (non-hydrogen) atoms. The maximum atomic E-state index is 13.1. The number of anilines is 1. The molecule has 0 aliphatic heterocycles. The number of carboxylic acids is 1. The van der Waals surface area contributed by atoms with Gasteiger partial charge in [-0.2, -0.15) is 0 Å². The Hall–Kier alpha value is -2.17. The second kappa shape index (κ2) is 3.20. The maximum Gasteiger partial charge on any atom is 0.355 e. The van der Waals surface area contributed by atoms with Crippen molar-refractivity contribution in [2.24, 2.45) is 0 Å². The van der Waals surface area contributed by atoms with Crippen LogP contribution in [-0.2, 0) is 0 Å². The lowest BCUT2D eigenvalue weighted by molar-refractivity contribution is 0.0693. The standard InChI is InChI=1S/C10H7FN2O2/c11-7-2-1-6-5(8(7)12)3-4-13-9(6)10(14)15/h1-4H,12H2,(H,14,15). The van der Waals surface area contributed by atoms with Crippen LogP contribution in [0.15, 0.2) is 24.4 Å². The smallest absolute Gasteiger partial charge is 0.355 e. The Morgan fingerprint density at radius 3 is 2.73 bits per heavy atom. The molecule has 3 N–H and O–H groups in total. The second-order valence-electron chi connectivity index (χ2n) is 3.02. The molecule has 2 aromatic rings. The molecule has 2 rings (SSSR count). The fourth-order valence-electron chi connectivity index (χ4n) is 1.42. The minimum atomic E-state index is -1.16. The summed E-state index contributed by atoms with van der Waals surface area (Å²) in [5, 5.41) is 9.55. The first-order valence-corrected chi connectivity index (χ1v) is 4.17. The van der Waals surface area contributed by atoms with Crippen LogP contribution >= 0.6 is 0 Å². The van der Waals surface area contributed by atoms with E-state index in [9.17, 15) is 9.18 Å². The topological polar surface area (TPSA) is 76.2 Å². The number of hydrogen-bond acceptors (Lipinski definition) is 3. The lowest BCUT2D eigenvalue weighted by Crippen LogP contribution is -2.02. The predicted octanol–water partition coefficient (Wildman–Crippen LogP) is 1.65. The Kier molecular flexibility index (Phi) is 2.00.